The lowest BCUT2D eigenvalue weighted by molar-refractivity contribution is -0.123. The lowest BCUT2D eigenvalue weighted by Gasteiger charge is -2.25. The number of likely N-dealkylation sites (N-methyl/N-ethyl adjacent to an activating group) is 1. The Morgan fingerprint density at radius 3 is 2.85 bits per heavy atom. The molecule has 0 bridgehead atoms. The second kappa shape index (κ2) is 5.94. The first-order valence-corrected chi connectivity index (χ1v) is 7.52. The maximum Gasteiger partial charge on any atom is 0.237 e. The topological polar surface area (TPSA) is 44.4 Å². The van der Waals surface area contributed by atoms with Crippen molar-refractivity contribution in [1.82, 2.24) is 15.5 Å². The van der Waals surface area contributed by atoms with Gasteiger partial charge in [0.2, 0.25) is 5.91 Å². The minimum atomic E-state index is -0.0869. The molecule has 1 amide bonds. The number of carbonyl (C=O) groups excluding carboxylic acids is 1. The molecule has 1 heterocycles. The smallest absolute Gasteiger partial charge is 0.237 e. The van der Waals surface area contributed by atoms with Crippen LogP contribution < -0.4 is 10.6 Å². The number of hydrogen-bond acceptors (Lipinski definition) is 3. The molecule has 2 N–H and O–H groups in total. The summed E-state index contributed by atoms with van der Waals surface area (Å²) in [6.07, 6.45) is 3.41. The maximum absolute atomic E-state index is 12.2. The SMILES string of the molecule is CN(CCNC(=O)[C@@H]1Cc2ccccc2CN1)C1CC1. The average molecular weight is 273 g/mol. The molecule has 1 atom stereocenters. The number of nitrogens with zero attached hydrogens (tertiary/aromatic N) is 1. The van der Waals surface area contributed by atoms with Gasteiger partial charge in [0, 0.05) is 25.7 Å². The first-order valence-electron chi connectivity index (χ1n) is 7.52. The third-order valence-electron chi connectivity index (χ3n) is 4.33. The van der Waals surface area contributed by atoms with Crippen molar-refractivity contribution in [2.45, 2.75) is 37.9 Å². The van der Waals surface area contributed by atoms with E-state index >= 15 is 0 Å². The number of rotatable bonds is 5. The van der Waals surface area contributed by atoms with Crippen molar-refractivity contribution in [3.05, 3.63) is 35.4 Å². The van der Waals surface area contributed by atoms with E-state index in [2.05, 4.69) is 40.8 Å². The van der Waals surface area contributed by atoms with Crippen molar-refractivity contribution in [3.8, 4) is 0 Å². The zero-order chi connectivity index (χ0) is 13.9. The summed E-state index contributed by atoms with van der Waals surface area (Å²) in [7, 11) is 2.14. The van der Waals surface area contributed by atoms with Crippen LogP contribution in [0.4, 0.5) is 0 Å². The van der Waals surface area contributed by atoms with Crippen LogP contribution in [-0.4, -0.2) is 43.0 Å². The highest BCUT2D eigenvalue weighted by atomic mass is 16.2. The molecular weight excluding hydrogens is 250 g/mol. The van der Waals surface area contributed by atoms with Crippen LogP contribution >= 0.6 is 0 Å². The first-order chi connectivity index (χ1) is 9.74. The Kier molecular flexibility index (Phi) is 4.03. The van der Waals surface area contributed by atoms with Crippen LogP contribution in [0.5, 0.6) is 0 Å². The van der Waals surface area contributed by atoms with E-state index in [4.69, 9.17) is 0 Å². The van der Waals surface area contributed by atoms with Crippen molar-refractivity contribution >= 4 is 5.91 Å². The van der Waals surface area contributed by atoms with E-state index in [1.54, 1.807) is 0 Å². The Morgan fingerprint density at radius 1 is 1.35 bits per heavy atom. The standard InChI is InChI=1S/C16H23N3O/c1-19(14-6-7-14)9-8-17-16(20)15-10-12-4-2-3-5-13(12)11-18-15/h2-5,14-15,18H,6-11H2,1H3,(H,17,20)/t15-/m0/s1. The van der Waals surface area contributed by atoms with Gasteiger partial charge >= 0.3 is 0 Å². The maximum atomic E-state index is 12.2. The van der Waals surface area contributed by atoms with E-state index < -0.39 is 0 Å². The summed E-state index contributed by atoms with van der Waals surface area (Å²) in [5.74, 6) is 0.128. The Morgan fingerprint density at radius 2 is 2.10 bits per heavy atom. The second-order valence-electron chi connectivity index (χ2n) is 5.91. The van der Waals surface area contributed by atoms with Crippen molar-refractivity contribution < 1.29 is 4.79 Å². The van der Waals surface area contributed by atoms with Crippen molar-refractivity contribution in [1.29, 1.82) is 0 Å². The number of nitrogens with one attached hydrogen (secondary N) is 2. The molecule has 1 aliphatic carbocycles. The summed E-state index contributed by atoms with van der Waals surface area (Å²) < 4.78 is 0. The van der Waals surface area contributed by atoms with Gasteiger partial charge in [-0.2, -0.15) is 0 Å². The van der Waals surface area contributed by atoms with E-state index in [9.17, 15) is 4.79 Å². The van der Waals surface area contributed by atoms with E-state index in [0.717, 1.165) is 32.1 Å². The molecule has 4 heteroatoms. The molecule has 2 aliphatic rings. The zero-order valence-electron chi connectivity index (χ0n) is 12.1. The highest BCUT2D eigenvalue weighted by molar-refractivity contribution is 5.82. The van der Waals surface area contributed by atoms with Crippen molar-refractivity contribution in [3.63, 3.8) is 0 Å². The fourth-order valence-electron chi connectivity index (χ4n) is 2.82. The lowest BCUT2D eigenvalue weighted by Crippen LogP contribution is -2.49. The number of amides is 1. The molecule has 108 valence electrons. The van der Waals surface area contributed by atoms with E-state index in [1.807, 2.05) is 6.07 Å². The highest BCUT2D eigenvalue weighted by Gasteiger charge is 2.26. The fourth-order valence-corrected chi connectivity index (χ4v) is 2.82. The highest BCUT2D eigenvalue weighted by Crippen LogP contribution is 2.24. The van der Waals surface area contributed by atoms with Gasteiger partial charge in [-0.15, -0.1) is 0 Å². The third-order valence-corrected chi connectivity index (χ3v) is 4.33. The number of hydrogen-bond donors (Lipinski definition) is 2. The van der Waals surface area contributed by atoms with E-state index in [0.29, 0.717) is 0 Å². The van der Waals surface area contributed by atoms with Crippen molar-refractivity contribution in [2.75, 3.05) is 20.1 Å². The minimum Gasteiger partial charge on any atom is -0.353 e. The predicted octanol–water partition coefficient (Wildman–Crippen LogP) is 0.911. The van der Waals surface area contributed by atoms with E-state index in [1.165, 1.54) is 24.0 Å². The molecule has 1 aromatic rings. The summed E-state index contributed by atoms with van der Waals surface area (Å²) in [5.41, 5.74) is 2.60. The van der Waals surface area contributed by atoms with Gasteiger partial charge in [-0.3, -0.25) is 4.79 Å². The third kappa shape index (κ3) is 3.19. The van der Waals surface area contributed by atoms with Gasteiger partial charge in [0.15, 0.2) is 0 Å². The molecule has 1 saturated carbocycles. The molecule has 0 spiro atoms. The van der Waals surface area contributed by atoms with Gasteiger partial charge in [0.05, 0.1) is 6.04 Å². The molecule has 0 radical (unpaired) electrons. The Labute approximate surface area is 120 Å². The minimum absolute atomic E-state index is 0.0869. The molecule has 0 saturated heterocycles. The number of fused-ring (bicyclic) bond motifs is 1. The van der Waals surface area contributed by atoms with Crippen LogP contribution in [0.15, 0.2) is 24.3 Å². The monoisotopic (exact) mass is 273 g/mol. The summed E-state index contributed by atoms with van der Waals surface area (Å²) in [5, 5.41) is 6.38. The summed E-state index contributed by atoms with van der Waals surface area (Å²) in [4.78, 5) is 14.5. The van der Waals surface area contributed by atoms with Crippen LogP contribution in [-0.2, 0) is 17.8 Å². The Bertz CT molecular complexity index is 484. The number of carbonyl (C=O) groups is 1. The molecule has 4 nitrogen and oxygen atoms in total. The zero-order valence-corrected chi connectivity index (χ0v) is 12.1. The molecule has 0 unspecified atom stereocenters. The van der Waals surface area contributed by atoms with Gasteiger partial charge in [0.25, 0.3) is 0 Å². The second-order valence-corrected chi connectivity index (χ2v) is 5.91. The molecule has 1 fully saturated rings. The van der Waals surface area contributed by atoms with Crippen LogP contribution in [0.2, 0.25) is 0 Å². The van der Waals surface area contributed by atoms with Crippen LogP contribution in [0, 0.1) is 0 Å². The van der Waals surface area contributed by atoms with E-state index in [-0.39, 0.29) is 11.9 Å². The summed E-state index contributed by atoms with van der Waals surface area (Å²) in [6, 6.07) is 9.01. The Hall–Kier alpha value is -1.39. The number of benzene rings is 1. The van der Waals surface area contributed by atoms with Crippen molar-refractivity contribution in [2.24, 2.45) is 0 Å². The fraction of sp³-hybridized carbons (Fsp3) is 0.562. The van der Waals surface area contributed by atoms with Crippen LogP contribution in [0.3, 0.4) is 0 Å². The molecule has 3 rings (SSSR count). The van der Waals surface area contributed by atoms with Gasteiger partial charge in [-0.25, -0.2) is 0 Å². The molecule has 20 heavy (non-hydrogen) atoms. The summed E-state index contributed by atoms with van der Waals surface area (Å²) in [6.45, 7) is 2.47. The van der Waals surface area contributed by atoms with Gasteiger partial charge in [-0.05, 0) is 37.4 Å². The first kappa shape index (κ1) is 13.6. The Balaban J connectivity index is 1.46. The largest absolute Gasteiger partial charge is 0.353 e. The normalized spacial score (nSPS) is 21.6. The van der Waals surface area contributed by atoms with Crippen LogP contribution in [0.25, 0.3) is 0 Å². The molecule has 1 aliphatic heterocycles. The average Bonchev–Trinajstić information content (AvgIpc) is 3.31. The van der Waals surface area contributed by atoms with Gasteiger partial charge in [0.1, 0.15) is 0 Å². The molecule has 0 aromatic heterocycles. The van der Waals surface area contributed by atoms with Gasteiger partial charge in [-0.1, -0.05) is 24.3 Å². The quantitative estimate of drug-likeness (QED) is 0.838. The predicted molar refractivity (Wildman–Crippen MR) is 79.4 cm³/mol. The van der Waals surface area contributed by atoms with Gasteiger partial charge < -0.3 is 15.5 Å². The van der Waals surface area contributed by atoms with Crippen LogP contribution in [0.1, 0.15) is 24.0 Å². The lowest BCUT2D eigenvalue weighted by atomic mass is 9.95. The molecule has 1 aromatic carbocycles. The molecular formula is C16H23N3O. The summed E-state index contributed by atoms with van der Waals surface area (Å²) >= 11 is 0.